The number of fused-ring (bicyclic) bond motifs is 1. The van der Waals surface area contributed by atoms with E-state index in [0.717, 1.165) is 6.54 Å². The van der Waals surface area contributed by atoms with E-state index in [2.05, 4.69) is 10.2 Å². The molecule has 2 amide bonds. The molecule has 1 atom stereocenters. The summed E-state index contributed by atoms with van der Waals surface area (Å²) in [7, 11) is 0. The summed E-state index contributed by atoms with van der Waals surface area (Å²) >= 11 is 6.04. The summed E-state index contributed by atoms with van der Waals surface area (Å²) < 4.78 is 5.70. The number of amides is 2. The van der Waals surface area contributed by atoms with Gasteiger partial charge >= 0.3 is 0 Å². The first kappa shape index (κ1) is 18.0. The number of hydrogen-bond acceptors (Lipinski definition) is 5. The molecular weight excluding hydrogens is 344 g/mol. The van der Waals surface area contributed by atoms with Crippen LogP contribution in [0.3, 0.4) is 0 Å². The second kappa shape index (κ2) is 8.03. The average molecular weight is 367 g/mol. The molecule has 2 fully saturated rings. The van der Waals surface area contributed by atoms with Gasteiger partial charge in [-0.2, -0.15) is 0 Å². The summed E-state index contributed by atoms with van der Waals surface area (Å²) in [6.07, 6.45) is 0.695. The quantitative estimate of drug-likeness (QED) is 0.733. The van der Waals surface area contributed by atoms with Crippen molar-refractivity contribution in [3.8, 4) is 5.75 Å². The maximum atomic E-state index is 13.0. The van der Waals surface area contributed by atoms with Gasteiger partial charge in [0.2, 0.25) is 5.91 Å². The number of halogens is 1. The highest BCUT2D eigenvalue weighted by atomic mass is 35.5. The van der Waals surface area contributed by atoms with Crippen LogP contribution in [-0.4, -0.2) is 73.5 Å². The molecule has 0 spiro atoms. The lowest BCUT2D eigenvalue weighted by molar-refractivity contribution is -0.131. The third-order valence-corrected chi connectivity index (χ3v) is 4.79. The lowest BCUT2D eigenvalue weighted by atomic mass is 10.1. The van der Waals surface area contributed by atoms with Crippen molar-refractivity contribution >= 4 is 23.4 Å². The van der Waals surface area contributed by atoms with Gasteiger partial charge in [-0.25, -0.2) is 0 Å². The molecule has 1 aromatic rings. The van der Waals surface area contributed by atoms with Gasteiger partial charge in [0.1, 0.15) is 11.8 Å². The number of benzene rings is 1. The Kier molecular flexibility index (Phi) is 5.78. The number of carbonyl (C=O) groups excluding carboxylic acids is 2. The van der Waals surface area contributed by atoms with E-state index in [9.17, 15) is 9.59 Å². The molecule has 0 aromatic heterocycles. The minimum Gasteiger partial charge on any atom is -0.493 e. The SMILES string of the molecule is NCCCOc1cc(Cl)ccc1C(=O)N1CCN2CCNC(=O)[C@@H]2C1. The zero-order valence-corrected chi connectivity index (χ0v) is 14.8. The van der Waals surface area contributed by atoms with Crippen LogP contribution in [-0.2, 0) is 4.79 Å². The van der Waals surface area contributed by atoms with E-state index >= 15 is 0 Å². The summed E-state index contributed by atoms with van der Waals surface area (Å²) in [4.78, 5) is 28.9. The zero-order valence-electron chi connectivity index (χ0n) is 14.0. The largest absolute Gasteiger partial charge is 0.493 e. The Balaban J connectivity index is 1.75. The van der Waals surface area contributed by atoms with E-state index in [1.807, 2.05) is 0 Å². The van der Waals surface area contributed by atoms with Crippen LogP contribution in [0.5, 0.6) is 5.75 Å². The molecule has 7 nitrogen and oxygen atoms in total. The van der Waals surface area contributed by atoms with Crippen molar-refractivity contribution in [3.63, 3.8) is 0 Å². The Hall–Kier alpha value is -1.83. The lowest BCUT2D eigenvalue weighted by Gasteiger charge is -2.43. The van der Waals surface area contributed by atoms with Crippen molar-refractivity contribution in [2.75, 3.05) is 45.9 Å². The fourth-order valence-corrected chi connectivity index (χ4v) is 3.35. The molecular formula is C17H23ClN4O3. The number of carbonyl (C=O) groups is 2. The highest BCUT2D eigenvalue weighted by Gasteiger charge is 2.37. The standard InChI is InChI=1S/C17H23ClN4O3/c18-12-2-3-13(15(10-12)25-9-1-4-19)17(24)22-8-7-21-6-5-20-16(23)14(21)11-22/h2-3,10,14H,1,4-9,11,19H2,(H,20,23)/t14-/m0/s1. The highest BCUT2D eigenvalue weighted by Crippen LogP contribution is 2.26. The van der Waals surface area contributed by atoms with E-state index in [0.29, 0.717) is 62.1 Å². The number of nitrogens with two attached hydrogens (primary N) is 1. The molecule has 8 heteroatoms. The lowest BCUT2D eigenvalue weighted by Crippen LogP contribution is -2.64. The number of piperazine rings is 2. The van der Waals surface area contributed by atoms with Crippen LogP contribution in [0.25, 0.3) is 0 Å². The van der Waals surface area contributed by atoms with Crippen molar-refractivity contribution < 1.29 is 14.3 Å². The second-order valence-corrected chi connectivity index (χ2v) is 6.66. The smallest absolute Gasteiger partial charge is 0.257 e. The Morgan fingerprint density at radius 3 is 3.00 bits per heavy atom. The van der Waals surface area contributed by atoms with Gasteiger partial charge in [0, 0.05) is 37.7 Å². The third kappa shape index (κ3) is 4.05. The van der Waals surface area contributed by atoms with Gasteiger partial charge in [0.05, 0.1) is 12.2 Å². The topological polar surface area (TPSA) is 87.9 Å². The molecule has 0 saturated carbocycles. The first-order chi connectivity index (χ1) is 12.1. The van der Waals surface area contributed by atoms with Gasteiger partial charge in [-0.05, 0) is 31.2 Å². The summed E-state index contributed by atoms with van der Waals surface area (Å²) in [5.41, 5.74) is 5.95. The summed E-state index contributed by atoms with van der Waals surface area (Å²) in [6, 6.07) is 4.72. The molecule has 136 valence electrons. The first-order valence-corrected chi connectivity index (χ1v) is 8.91. The molecule has 25 heavy (non-hydrogen) atoms. The van der Waals surface area contributed by atoms with Crippen LogP contribution in [0.1, 0.15) is 16.8 Å². The van der Waals surface area contributed by atoms with Crippen LogP contribution in [0.2, 0.25) is 5.02 Å². The average Bonchev–Trinajstić information content (AvgIpc) is 2.62. The third-order valence-electron chi connectivity index (χ3n) is 4.56. The van der Waals surface area contributed by atoms with E-state index in [1.54, 1.807) is 23.1 Å². The van der Waals surface area contributed by atoms with Crippen molar-refractivity contribution in [2.45, 2.75) is 12.5 Å². The van der Waals surface area contributed by atoms with Crippen LogP contribution < -0.4 is 15.8 Å². The van der Waals surface area contributed by atoms with Crippen LogP contribution in [0.15, 0.2) is 18.2 Å². The molecule has 2 saturated heterocycles. The summed E-state index contributed by atoms with van der Waals surface area (Å²) in [5, 5.41) is 3.37. The molecule has 3 rings (SSSR count). The number of hydrogen-bond donors (Lipinski definition) is 2. The van der Waals surface area contributed by atoms with Crippen LogP contribution in [0.4, 0.5) is 0 Å². The van der Waals surface area contributed by atoms with E-state index in [4.69, 9.17) is 22.1 Å². The normalized spacial score (nSPS) is 20.8. The molecule has 0 unspecified atom stereocenters. The van der Waals surface area contributed by atoms with Crippen LogP contribution in [0, 0.1) is 0 Å². The Morgan fingerprint density at radius 1 is 1.36 bits per heavy atom. The van der Waals surface area contributed by atoms with E-state index in [1.165, 1.54) is 0 Å². The minimum atomic E-state index is -0.277. The molecule has 2 aliphatic rings. The van der Waals surface area contributed by atoms with Crippen molar-refractivity contribution in [1.29, 1.82) is 0 Å². The fraction of sp³-hybridized carbons (Fsp3) is 0.529. The van der Waals surface area contributed by atoms with Gasteiger partial charge in [-0.3, -0.25) is 14.5 Å². The molecule has 2 heterocycles. The first-order valence-electron chi connectivity index (χ1n) is 8.53. The van der Waals surface area contributed by atoms with E-state index in [-0.39, 0.29) is 17.9 Å². The van der Waals surface area contributed by atoms with Gasteiger partial charge in [0.25, 0.3) is 5.91 Å². The van der Waals surface area contributed by atoms with Gasteiger partial charge in [0.15, 0.2) is 0 Å². The molecule has 0 bridgehead atoms. The maximum absolute atomic E-state index is 13.0. The van der Waals surface area contributed by atoms with Crippen LogP contribution >= 0.6 is 11.6 Å². The summed E-state index contributed by atoms with van der Waals surface area (Å²) in [6.45, 7) is 4.11. The predicted octanol–water partition coefficient (Wildman–Crippen LogP) is 0.324. The number of rotatable bonds is 5. The Bertz CT molecular complexity index is 655. The minimum absolute atomic E-state index is 0.0146. The Morgan fingerprint density at radius 2 is 2.20 bits per heavy atom. The van der Waals surface area contributed by atoms with Gasteiger partial charge in [-0.1, -0.05) is 11.6 Å². The molecule has 0 aliphatic carbocycles. The Labute approximate surface area is 152 Å². The molecule has 3 N–H and O–H groups in total. The zero-order chi connectivity index (χ0) is 17.8. The van der Waals surface area contributed by atoms with Crippen molar-refractivity contribution in [2.24, 2.45) is 5.73 Å². The second-order valence-electron chi connectivity index (χ2n) is 6.23. The predicted molar refractivity (Wildman–Crippen MR) is 94.9 cm³/mol. The highest BCUT2D eigenvalue weighted by molar-refractivity contribution is 6.30. The monoisotopic (exact) mass is 366 g/mol. The summed E-state index contributed by atoms with van der Waals surface area (Å²) in [5.74, 6) is 0.304. The number of nitrogens with zero attached hydrogens (tertiary/aromatic N) is 2. The fourth-order valence-electron chi connectivity index (χ4n) is 3.19. The molecule has 2 aliphatic heterocycles. The van der Waals surface area contributed by atoms with Gasteiger partial charge < -0.3 is 20.7 Å². The van der Waals surface area contributed by atoms with Crippen molar-refractivity contribution in [1.82, 2.24) is 15.1 Å². The molecule has 1 aromatic carbocycles. The maximum Gasteiger partial charge on any atom is 0.257 e. The van der Waals surface area contributed by atoms with Crippen molar-refractivity contribution in [3.05, 3.63) is 28.8 Å². The number of ether oxygens (including phenoxy) is 1. The molecule has 0 radical (unpaired) electrons. The van der Waals surface area contributed by atoms with Gasteiger partial charge in [-0.15, -0.1) is 0 Å². The van der Waals surface area contributed by atoms with E-state index < -0.39 is 0 Å². The number of nitrogens with one attached hydrogen (secondary N) is 1.